The smallest absolute Gasteiger partial charge is 0.120 e. The Morgan fingerprint density at radius 2 is 2.17 bits per heavy atom. The van der Waals surface area contributed by atoms with Crippen molar-refractivity contribution in [3.05, 3.63) is 36.1 Å². The first-order chi connectivity index (χ1) is 5.79. The highest BCUT2D eigenvalue weighted by molar-refractivity contribution is 7.19. The molecule has 0 saturated carbocycles. The molecule has 0 N–H and O–H groups in total. The van der Waals surface area contributed by atoms with Crippen LogP contribution in [0.15, 0.2) is 24.3 Å². The largest absolute Gasteiger partial charge is 0.497 e. The summed E-state index contributed by atoms with van der Waals surface area (Å²) in [6.45, 7) is 3.89. The lowest BCUT2D eigenvalue weighted by atomic mass is 10.2. The van der Waals surface area contributed by atoms with Crippen LogP contribution in [0, 0.1) is 6.92 Å². The van der Waals surface area contributed by atoms with Gasteiger partial charge < -0.3 is 4.74 Å². The Morgan fingerprint density at radius 1 is 1.33 bits per heavy atom. The fourth-order valence-corrected chi connectivity index (χ4v) is 2.08. The molecule has 2 aromatic rings. The number of hydrogen-bond donors (Lipinski definition) is 0. The summed E-state index contributed by atoms with van der Waals surface area (Å²) in [6.07, 6.45) is 0. The van der Waals surface area contributed by atoms with Crippen molar-refractivity contribution in [2.24, 2.45) is 0 Å². The molecule has 0 aliphatic carbocycles. The van der Waals surface area contributed by atoms with Crippen LogP contribution in [-0.2, 0) is 0 Å². The van der Waals surface area contributed by atoms with Gasteiger partial charge >= 0.3 is 0 Å². The Morgan fingerprint density at radius 3 is 2.92 bits per heavy atom. The fourth-order valence-electron chi connectivity index (χ4n) is 1.19. The van der Waals surface area contributed by atoms with Crippen molar-refractivity contribution in [2.75, 3.05) is 7.11 Å². The third-order valence-corrected chi connectivity index (χ3v) is 2.73. The van der Waals surface area contributed by atoms with Gasteiger partial charge in [0.2, 0.25) is 0 Å². The van der Waals surface area contributed by atoms with Gasteiger partial charge in [0.05, 0.1) is 7.11 Å². The predicted molar refractivity (Wildman–Crippen MR) is 52.8 cm³/mol. The third-order valence-electron chi connectivity index (χ3n) is 1.78. The first-order valence-electron chi connectivity index (χ1n) is 3.69. The van der Waals surface area contributed by atoms with Gasteiger partial charge in [-0.05, 0) is 36.6 Å². The minimum absolute atomic E-state index is 0.907. The Labute approximate surface area is 75.6 Å². The van der Waals surface area contributed by atoms with Crippen molar-refractivity contribution in [2.45, 2.75) is 0 Å². The summed E-state index contributed by atoms with van der Waals surface area (Å²) in [5.74, 6) is 0.907. The lowest BCUT2D eigenvalue weighted by Gasteiger charge is -1.97. The number of rotatable bonds is 1. The van der Waals surface area contributed by atoms with Gasteiger partial charge in [-0.25, -0.2) is 0 Å². The van der Waals surface area contributed by atoms with Crippen molar-refractivity contribution in [1.29, 1.82) is 0 Å². The molecule has 2 rings (SSSR count). The monoisotopic (exact) mass is 177 g/mol. The second-order valence-corrected chi connectivity index (χ2v) is 3.78. The Balaban J connectivity index is 2.66. The Bertz CT molecular complexity index is 403. The first-order valence-corrected chi connectivity index (χ1v) is 4.51. The van der Waals surface area contributed by atoms with Gasteiger partial charge in [-0.1, -0.05) is 0 Å². The average molecular weight is 177 g/mol. The SMILES string of the molecule is [CH2]c1cc2ccc(OC)cc2s1. The van der Waals surface area contributed by atoms with Crippen LogP contribution in [0.5, 0.6) is 5.75 Å². The highest BCUT2D eigenvalue weighted by atomic mass is 32.1. The van der Waals surface area contributed by atoms with E-state index < -0.39 is 0 Å². The molecule has 0 spiro atoms. The fraction of sp³-hybridized carbons (Fsp3) is 0.100. The van der Waals surface area contributed by atoms with Gasteiger partial charge in [-0.3, -0.25) is 0 Å². The lowest BCUT2D eigenvalue weighted by Crippen LogP contribution is -1.79. The summed E-state index contributed by atoms with van der Waals surface area (Å²) >= 11 is 1.69. The zero-order valence-electron chi connectivity index (χ0n) is 6.83. The molecule has 2 heteroatoms. The van der Waals surface area contributed by atoms with E-state index in [0.717, 1.165) is 10.6 Å². The maximum atomic E-state index is 5.12. The molecule has 12 heavy (non-hydrogen) atoms. The molecule has 1 radical (unpaired) electrons. The molecule has 0 aliphatic heterocycles. The minimum Gasteiger partial charge on any atom is -0.497 e. The molecule has 0 bridgehead atoms. The normalized spacial score (nSPS) is 10.5. The molecule has 1 nitrogen and oxygen atoms in total. The van der Waals surface area contributed by atoms with E-state index in [4.69, 9.17) is 4.74 Å². The summed E-state index contributed by atoms with van der Waals surface area (Å²) < 4.78 is 6.35. The number of thiophene rings is 1. The number of methoxy groups -OCH3 is 1. The van der Waals surface area contributed by atoms with Gasteiger partial charge in [-0.2, -0.15) is 0 Å². The first kappa shape index (κ1) is 7.62. The standard InChI is InChI=1S/C10H9OS/c1-7-5-8-3-4-9(11-2)6-10(8)12-7/h3-6H,1H2,2H3. The van der Waals surface area contributed by atoms with Crippen LogP contribution in [0.3, 0.4) is 0 Å². The van der Waals surface area contributed by atoms with Crippen LogP contribution in [0.2, 0.25) is 0 Å². The average Bonchev–Trinajstić information content (AvgIpc) is 2.43. The molecule has 0 atom stereocenters. The minimum atomic E-state index is 0.907. The molecular weight excluding hydrogens is 168 g/mol. The van der Waals surface area contributed by atoms with Crippen molar-refractivity contribution in [3.63, 3.8) is 0 Å². The van der Waals surface area contributed by atoms with Crippen LogP contribution in [-0.4, -0.2) is 7.11 Å². The zero-order chi connectivity index (χ0) is 8.55. The molecule has 1 aromatic carbocycles. The Hall–Kier alpha value is -1.02. The van der Waals surface area contributed by atoms with Gasteiger partial charge in [0, 0.05) is 9.58 Å². The van der Waals surface area contributed by atoms with Gasteiger partial charge in [0.1, 0.15) is 5.75 Å². The van der Waals surface area contributed by atoms with E-state index in [-0.39, 0.29) is 0 Å². The van der Waals surface area contributed by atoms with E-state index in [9.17, 15) is 0 Å². The molecule has 1 heterocycles. The summed E-state index contributed by atoms with van der Waals surface area (Å²) in [5.41, 5.74) is 0. The molecular formula is C10H9OS. The second-order valence-electron chi connectivity index (χ2n) is 2.62. The van der Waals surface area contributed by atoms with Crippen LogP contribution in [0.1, 0.15) is 4.88 Å². The van der Waals surface area contributed by atoms with E-state index in [1.54, 1.807) is 18.4 Å². The van der Waals surface area contributed by atoms with Crippen molar-refractivity contribution >= 4 is 21.4 Å². The number of ether oxygens (including phenoxy) is 1. The van der Waals surface area contributed by atoms with Gasteiger partial charge in [0.15, 0.2) is 0 Å². The summed E-state index contributed by atoms with van der Waals surface area (Å²) in [5, 5.41) is 1.24. The topological polar surface area (TPSA) is 9.23 Å². The van der Waals surface area contributed by atoms with E-state index in [1.165, 1.54) is 10.1 Å². The van der Waals surface area contributed by atoms with Crippen LogP contribution >= 0.6 is 11.3 Å². The van der Waals surface area contributed by atoms with E-state index in [1.807, 2.05) is 12.1 Å². The number of benzene rings is 1. The van der Waals surface area contributed by atoms with Crippen LogP contribution in [0.4, 0.5) is 0 Å². The second kappa shape index (κ2) is 2.79. The van der Waals surface area contributed by atoms with Gasteiger partial charge in [0.25, 0.3) is 0 Å². The third kappa shape index (κ3) is 1.18. The molecule has 0 amide bonds. The Kier molecular flexibility index (Phi) is 1.77. The van der Waals surface area contributed by atoms with Gasteiger partial charge in [-0.15, -0.1) is 11.3 Å². The van der Waals surface area contributed by atoms with Crippen molar-refractivity contribution in [1.82, 2.24) is 0 Å². The molecule has 0 aliphatic rings. The molecule has 61 valence electrons. The summed E-state index contributed by atoms with van der Waals surface area (Å²) in [4.78, 5) is 1.10. The highest BCUT2D eigenvalue weighted by Crippen LogP contribution is 2.28. The molecule has 0 fully saturated rings. The van der Waals surface area contributed by atoms with Crippen LogP contribution in [0.25, 0.3) is 10.1 Å². The summed E-state index contributed by atoms with van der Waals surface area (Å²) in [7, 11) is 1.68. The van der Waals surface area contributed by atoms with E-state index in [0.29, 0.717) is 0 Å². The van der Waals surface area contributed by atoms with E-state index in [2.05, 4.69) is 19.1 Å². The maximum Gasteiger partial charge on any atom is 0.120 e. The summed E-state index contributed by atoms with van der Waals surface area (Å²) in [6, 6.07) is 8.14. The molecule has 1 aromatic heterocycles. The van der Waals surface area contributed by atoms with Crippen molar-refractivity contribution in [3.8, 4) is 5.75 Å². The predicted octanol–water partition coefficient (Wildman–Crippen LogP) is 3.09. The van der Waals surface area contributed by atoms with Crippen molar-refractivity contribution < 1.29 is 4.74 Å². The maximum absolute atomic E-state index is 5.12. The highest BCUT2D eigenvalue weighted by Gasteiger charge is 1.98. The number of hydrogen-bond acceptors (Lipinski definition) is 2. The number of fused-ring (bicyclic) bond motifs is 1. The molecule has 0 unspecified atom stereocenters. The molecule has 0 saturated heterocycles. The zero-order valence-corrected chi connectivity index (χ0v) is 7.65. The van der Waals surface area contributed by atoms with E-state index >= 15 is 0 Å². The quantitative estimate of drug-likeness (QED) is 0.650. The van der Waals surface area contributed by atoms with Crippen LogP contribution < -0.4 is 4.74 Å². The lowest BCUT2D eigenvalue weighted by molar-refractivity contribution is 0.415.